The number of unbranched alkanes of at least 4 members (excludes halogenated alkanes) is 1. The van der Waals surface area contributed by atoms with Gasteiger partial charge in [-0.25, -0.2) is 0 Å². The van der Waals surface area contributed by atoms with E-state index in [-0.39, 0.29) is 11.8 Å². The maximum absolute atomic E-state index is 12.4. The highest BCUT2D eigenvalue weighted by Crippen LogP contribution is 2.29. The second-order valence-electron chi connectivity index (χ2n) is 5.39. The fraction of sp³-hybridized carbons (Fsp3) is 0.625. The van der Waals surface area contributed by atoms with Crippen LogP contribution in [-0.4, -0.2) is 37.7 Å². The van der Waals surface area contributed by atoms with E-state index < -0.39 is 6.61 Å². The first-order valence-electron chi connectivity index (χ1n) is 7.70. The molecular formula is C16H24F2N2O. The molecule has 1 aromatic carbocycles. The molecule has 118 valence electrons. The summed E-state index contributed by atoms with van der Waals surface area (Å²) in [6, 6.07) is 7.45. The van der Waals surface area contributed by atoms with Gasteiger partial charge in [0.05, 0.1) is 0 Å². The minimum atomic E-state index is -2.77. The fourth-order valence-corrected chi connectivity index (χ4v) is 2.85. The normalized spacial score (nSPS) is 17.9. The number of alkyl halides is 2. The molecule has 5 heteroatoms. The first kappa shape index (κ1) is 16.2. The average molecular weight is 298 g/mol. The summed E-state index contributed by atoms with van der Waals surface area (Å²) in [5.41, 5.74) is 1.07. The summed E-state index contributed by atoms with van der Waals surface area (Å²) in [5.74, 6) is 0.249. The zero-order valence-corrected chi connectivity index (χ0v) is 12.5. The van der Waals surface area contributed by atoms with Gasteiger partial charge >= 0.3 is 6.61 Å². The highest BCUT2D eigenvalue weighted by atomic mass is 19.3. The number of benzene rings is 1. The summed E-state index contributed by atoms with van der Waals surface area (Å²) < 4.78 is 29.3. The molecule has 3 nitrogen and oxygen atoms in total. The third-order valence-electron chi connectivity index (χ3n) is 3.89. The predicted molar refractivity (Wildman–Crippen MR) is 79.8 cm³/mol. The van der Waals surface area contributed by atoms with Crippen LogP contribution in [0.15, 0.2) is 24.3 Å². The Labute approximate surface area is 125 Å². The zero-order chi connectivity index (χ0) is 15.1. The molecule has 1 aliphatic heterocycles. The minimum absolute atomic E-state index is 0.249. The van der Waals surface area contributed by atoms with Gasteiger partial charge in [0.2, 0.25) is 0 Å². The second kappa shape index (κ2) is 8.29. The highest BCUT2D eigenvalue weighted by molar-refractivity contribution is 5.30. The van der Waals surface area contributed by atoms with Crippen molar-refractivity contribution < 1.29 is 13.5 Å². The number of nitrogens with one attached hydrogen (secondary N) is 1. The zero-order valence-electron chi connectivity index (χ0n) is 12.5. The fourth-order valence-electron chi connectivity index (χ4n) is 2.85. The number of nitrogens with zero attached hydrogens (tertiary/aromatic N) is 1. The van der Waals surface area contributed by atoms with E-state index in [0.717, 1.165) is 51.0 Å². The lowest BCUT2D eigenvalue weighted by atomic mass is 9.98. The highest BCUT2D eigenvalue weighted by Gasteiger charge is 2.22. The first-order chi connectivity index (χ1) is 10.2. The number of hydrogen-bond donors (Lipinski definition) is 1. The molecule has 0 amide bonds. The van der Waals surface area contributed by atoms with Crippen molar-refractivity contribution in [2.24, 2.45) is 0 Å². The molecule has 0 saturated carbocycles. The van der Waals surface area contributed by atoms with Crippen LogP contribution in [0.1, 0.15) is 37.8 Å². The SMILES string of the molecule is CCCC[C@H](c1cccc(OC(F)F)c1)N1CCNCC1. The van der Waals surface area contributed by atoms with Gasteiger partial charge in [0.1, 0.15) is 5.75 Å². The van der Waals surface area contributed by atoms with Gasteiger partial charge in [0, 0.05) is 32.2 Å². The number of ether oxygens (including phenoxy) is 1. The van der Waals surface area contributed by atoms with Crippen LogP contribution in [-0.2, 0) is 0 Å². The lowest BCUT2D eigenvalue weighted by Gasteiger charge is -2.35. The van der Waals surface area contributed by atoms with Crippen LogP contribution < -0.4 is 10.1 Å². The number of rotatable bonds is 7. The Kier molecular flexibility index (Phi) is 6.39. The van der Waals surface area contributed by atoms with E-state index >= 15 is 0 Å². The van der Waals surface area contributed by atoms with E-state index in [1.165, 1.54) is 0 Å². The van der Waals surface area contributed by atoms with Gasteiger partial charge in [0.15, 0.2) is 0 Å². The van der Waals surface area contributed by atoms with Gasteiger partial charge in [-0.15, -0.1) is 0 Å². The molecule has 0 radical (unpaired) electrons. The van der Waals surface area contributed by atoms with Crippen molar-refractivity contribution in [2.75, 3.05) is 26.2 Å². The summed E-state index contributed by atoms with van der Waals surface area (Å²) >= 11 is 0. The van der Waals surface area contributed by atoms with E-state index in [2.05, 4.69) is 21.9 Å². The quantitative estimate of drug-likeness (QED) is 0.834. The van der Waals surface area contributed by atoms with Crippen molar-refractivity contribution >= 4 is 0 Å². The summed E-state index contributed by atoms with van der Waals surface area (Å²) in [6.45, 7) is 3.35. The summed E-state index contributed by atoms with van der Waals surface area (Å²) in [4.78, 5) is 2.44. The summed E-state index contributed by atoms with van der Waals surface area (Å²) in [6.07, 6.45) is 3.32. The Balaban J connectivity index is 2.14. The van der Waals surface area contributed by atoms with Crippen molar-refractivity contribution in [3.8, 4) is 5.75 Å². The van der Waals surface area contributed by atoms with Crippen molar-refractivity contribution in [1.29, 1.82) is 0 Å². The van der Waals surface area contributed by atoms with Gasteiger partial charge in [0.25, 0.3) is 0 Å². The lowest BCUT2D eigenvalue weighted by Crippen LogP contribution is -2.45. The van der Waals surface area contributed by atoms with Crippen molar-refractivity contribution in [3.05, 3.63) is 29.8 Å². The third-order valence-corrected chi connectivity index (χ3v) is 3.89. The van der Waals surface area contributed by atoms with Crippen LogP contribution in [0.2, 0.25) is 0 Å². The van der Waals surface area contributed by atoms with Crippen LogP contribution in [0.5, 0.6) is 5.75 Å². The molecule has 1 heterocycles. The Morgan fingerprint density at radius 1 is 1.29 bits per heavy atom. The second-order valence-corrected chi connectivity index (χ2v) is 5.39. The Morgan fingerprint density at radius 3 is 2.71 bits per heavy atom. The predicted octanol–water partition coefficient (Wildman–Crippen LogP) is 3.42. The molecule has 1 aromatic rings. The van der Waals surface area contributed by atoms with Gasteiger partial charge in [-0.05, 0) is 24.1 Å². The van der Waals surface area contributed by atoms with Gasteiger partial charge in [-0.3, -0.25) is 4.90 Å². The van der Waals surface area contributed by atoms with Crippen LogP contribution in [0.3, 0.4) is 0 Å². The van der Waals surface area contributed by atoms with E-state index in [1.807, 2.05) is 6.07 Å². The smallest absolute Gasteiger partial charge is 0.387 e. The number of halogens is 2. The molecule has 1 atom stereocenters. The summed E-state index contributed by atoms with van der Waals surface area (Å²) in [7, 11) is 0. The van der Waals surface area contributed by atoms with Crippen molar-refractivity contribution in [1.82, 2.24) is 10.2 Å². The monoisotopic (exact) mass is 298 g/mol. The molecule has 0 aliphatic carbocycles. The van der Waals surface area contributed by atoms with E-state index in [0.29, 0.717) is 0 Å². The van der Waals surface area contributed by atoms with Crippen molar-refractivity contribution in [2.45, 2.75) is 38.8 Å². The van der Waals surface area contributed by atoms with Crippen LogP contribution >= 0.6 is 0 Å². The summed E-state index contributed by atoms with van der Waals surface area (Å²) in [5, 5.41) is 3.35. The largest absolute Gasteiger partial charge is 0.435 e. The van der Waals surface area contributed by atoms with Crippen LogP contribution in [0.25, 0.3) is 0 Å². The molecule has 1 N–H and O–H groups in total. The first-order valence-corrected chi connectivity index (χ1v) is 7.70. The standard InChI is InChI=1S/C16H24F2N2O/c1-2-3-7-15(20-10-8-19-9-11-20)13-5-4-6-14(12-13)21-16(17)18/h4-6,12,15-16,19H,2-3,7-11H2,1H3/t15-/m1/s1. The molecule has 1 saturated heterocycles. The molecule has 0 unspecified atom stereocenters. The maximum atomic E-state index is 12.4. The van der Waals surface area contributed by atoms with E-state index in [1.54, 1.807) is 18.2 Å². The number of hydrogen-bond acceptors (Lipinski definition) is 3. The topological polar surface area (TPSA) is 24.5 Å². The molecule has 21 heavy (non-hydrogen) atoms. The molecule has 2 rings (SSSR count). The van der Waals surface area contributed by atoms with Crippen molar-refractivity contribution in [3.63, 3.8) is 0 Å². The van der Waals surface area contributed by atoms with Gasteiger partial charge in [-0.2, -0.15) is 8.78 Å². The lowest BCUT2D eigenvalue weighted by molar-refractivity contribution is -0.0499. The Morgan fingerprint density at radius 2 is 2.05 bits per heavy atom. The van der Waals surface area contributed by atoms with Gasteiger partial charge < -0.3 is 10.1 Å². The minimum Gasteiger partial charge on any atom is -0.435 e. The Bertz CT molecular complexity index is 422. The van der Waals surface area contributed by atoms with Crippen LogP contribution in [0, 0.1) is 0 Å². The molecule has 0 bridgehead atoms. The van der Waals surface area contributed by atoms with E-state index in [9.17, 15) is 8.78 Å². The molecular weight excluding hydrogens is 274 g/mol. The number of piperazine rings is 1. The molecule has 1 fully saturated rings. The molecule has 0 aromatic heterocycles. The average Bonchev–Trinajstić information content (AvgIpc) is 2.48. The Hall–Kier alpha value is -1.20. The van der Waals surface area contributed by atoms with E-state index in [4.69, 9.17) is 0 Å². The maximum Gasteiger partial charge on any atom is 0.387 e. The molecule has 1 aliphatic rings. The van der Waals surface area contributed by atoms with Gasteiger partial charge in [-0.1, -0.05) is 31.9 Å². The molecule has 0 spiro atoms. The third kappa shape index (κ3) is 4.93. The van der Waals surface area contributed by atoms with Crippen LogP contribution in [0.4, 0.5) is 8.78 Å².